The van der Waals surface area contributed by atoms with E-state index in [4.69, 9.17) is 4.98 Å². The Labute approximate surface area is 184 Å². The highest BCUT2D eigenvalue weighted by Crippen LogP contribution is 2.31. The van der Waals surface area contributed by atoms with Gasteiger partial charge in [0.1, 0.15) is 5.82 Å². The fourth-order valence-electron chi connectivity index (χ4n) is 4.52. The first-order valence-electron chi connectivity index (χ1n) is 10.7. The Kier molecular flexibility index (Phi) is 5.41. The van der Waals surface area contributed by atoms with Crippen molar-refractivity contribution < 1.29 is 4.79 Å². The number of hydrogen-bond acceptors (Lipinski definition) is 6. The molecule has 1 saturated heterocycles. The summed E-state index contributed by atoms with van der Waals surface area (Å²) in [5.74, 6) is 0.578. The number of amides is 1. The molecule has 5 heterocycles. The Hall–Kier alpha value is -2.84. The maximum absolute atomic E-state index is 13.0. The Morgan fingerprint density at radius 1 is 1.26 bits per heavy atom. The number of pyridine rings is 1. The maximum Gasteiger partial charge on any atom is 0.255 e. The van der Waals surface area contributed by atoms with Crippen LogP contribution in [0.4, 0.5) is 0 Å². The Morgan fingerprint density at radius 3 is 2.87 bits per heavy atom. The highest BCUT2D eigenvalue weighted by Gasteiger charge is 2.33. The van der Waals surface area contributed by atoms with Crippen LogP contribution in [-0.2, 0) is 19.5 Å². The molecule has 7 nitrogen and oxygen atoms in total. The molecule has 1 amide bonds. The molecule has 31 heavy (non-hydrogen) atoms. The summed E-state index contributed by atoms with van der Waals surface area (Å²) in [6.45, 7) is 5.15. The SMILES string of the molecule is Cc1ccsc1CN1CCc2nc(C3CCCN3C(=O)c3ccncc3)[nH]c(=O)c2C1. The van der Waals surface area contributed by atoms with Crippen molar-refractivity contribution in [3.05, 3.63) is 79.4 Å². The number of fused-ring (bicyclic) bond motifs is 1. The number of hydrogen-bond donors (Lipinski definition) is 1. The molecule has 0 radical (unpaired) electrons. The zero-order valence-corrected chi connectivity index (χ0v) is 18.3. The lowest BCUT2D eigenvalue weighted by atomic mass is 10.1. The number of carbonyl (C=O) groups excluding carboxylic acids is 1. The average molecular weight is 436 g/mol. The second kappa shape index (κ2) is 8.36. The Bertz CT molecular complexity index is 1160. The minimum atomic E-state index is -0.189. The number of nitrogens with zero attached hydrogens (tertiary/aromatic N) is 4. The van der Waals surface area contributed by atoms with Crippen LogP contribution in [0.2, 0.25) is 0 Å². The highest BCUT2D eigenvalue weighted by molar-refractivity contribution is 7.10. The molecule has 0 spiro atoms. The van der Waals surface area contributed by atoms with E-state index in [9.17, 15) is 9.59 Å². The second-order valence-electron chi connectivity index (χ2n) is 8.26. The number of likely N-dealkylation sites (tertiary alicyclic amines) is 1. The Balaban J connectivity index is 1.37. The van der Waals surface area contributed by atoms with Crippen LogP contribution in [0.3, 0.4) is 0 Å². The molecule has 1 unspecified atom stereocenters. The summed E-state index contributed by atoms with van der Waals surface area (Å²) < 4.78 is 0. The third-order valence-corrected chi connectivity index (χ3v) is 7.27. The van der Waals surface area contributed by atoms with Gasteiger partial charge in [0.15, 0.2) is 0 Å². The lowest BCUT2D eigenvalue weighted by Crippen LogP contribution is -2.37. The van der Waals surface area contributed by atoms with Gasteiger partial charge in [-0.2, -0.15) is 0 Å². The number of aromatic amines is 1. The number of aryl methyl sites for hydroxylation is 1. The highest BCUT2D eigenvalue weighted by atomic mass is 32.1. The lowest BCUT2D eigenvalue weighted by molar-refractivity contribution is 0.0729. The smallest absolute Gasteiger partial charge is 0.255 e. The molecule has 0 aromatic carbocycles. The van der Waals surface area contributed by atoms with Crippen molar-refractivity contribution in [1.29, 1.82) is 0 Å². The largest absolute Gasteiger partial charge is 0.328 e. The van der Waals surface area contributed by atoms with E-state index in [1.807, 2.05) is 4.90 Å². The van der Waals surface area contributed by atoms with Crippen molar-refractivity contribution in [2.45, 2.75) is 45.3 Å². The normalized spacial score (nSPS) is 18.9. The number of rotatable bonds is 4. The van der Waals surface area contributed by atoms with E-state index in [0.717, 1.165) is 43.6 Å². The molecular weight excluding hydrogens is 410 g/mol. The first-order valence-corrected chi connectivity index (χ1v) is 11.6. The van der Waals surface area contributed by atoms with Crippen molar-refractivity contribution in [1.82, 2.24) is 24.8 Å². The first-order chi connectivity index (χ1) is 15.1. The third-order valence-electron chi connectivity index (χ3n) is 6.26. The number of aromatic nitrogens is 3. The van der Waals surface area contributed by atoms with Gasteiger partial charge in [-0.1, -0.05) is 0 Å². The molecule has 1 atom stereocenters. The third kappa shape index (κ3) is 3.93. The fourth-order valence-corrected chi connectivity index (χ4v) is 5.46. The first kappa shape index (κ1) is 20.1. The van der Waals surface area contributed by atoms with Crippen molar-refractivity contribution in [2.75, 3.05) is 13.1 Å². The lowest BCUT2D eigenvalue weighted by Gasteiger charge is -2.29. The van der Waals surface area contributed by atoms with E-state index < -0.39 is 0 Å². The summed E-state index contributed by atoms with van der Waals surface area (Å²) in [7, 11) is 0. The van der Waals surface area contributed by atoms with Gasteiger partial charge in [0.05, 0.1) is 17.3 Å². The van der Waals surface area contributed by atoms with Gasteiger partial charge in [0.25, 0.3) is 11.5 Å². The molecule has 5 rings (SSSR count). The van der Waals surface area contributed by atoms with Crippen LogP contribution in [0, 0.1) is 6.92 Å². The summed E-state index contributed by atoms with van der Waals surface area (Å²) in [4.78, 5) is 43.3. The summed E-state index contributed by atoms with van der Waals surface area (Å²) >= 11 is 1.76. The molecule has 0 aliphatic carbocycles. The van der Waals surface area contributed by atoms with Crippen molar-refractivity contribution in [2.24, 2.45) is 0 Å². The fraction of sp³-hybridized carbons (Fsp3) is 0.391. The molecule has 2 aliphatic heterocycles. The minimum absolute atomic E-state index is 0.0391. The predicted octanol–water partition coefficient (Wildman–Crippen LogP) is 3.07. The van der Waals surface area contributed by atoms with E-state index >= 15 is 0 Å². The van der Waals surface area contributed by atoms with Crippen molar-refractivity contribution >= 4 is 17.2 Å². The Morgan fingerprint density at radius 2 is 2.10 bits per heavy atom. The van der Waals surface area contributed by atoms with Gasteiger partial charge in [-0.05, 0) is 48.9 Å². The summed E-state index contributed by atoms with van der Waals surface area (Å²) in [6, 6.07) is 5.40. The van der Waals surface area contributed by atoms with Crippen LogP contribution < -0.4 is 5.56 Å². The van der Waals surface area contributed by atoms with Crippen LogP contribution in [0.1, 0.15) is 56.8 Å². The quantitative estimate of drug-likeness (QED) is 0.681. The molecule has 0 saturated carbocycles. The molecule has 1 fully saturated rings. The van der Waals surface area contributed by atoms with Gasteiger partial charge in [-0.3, -0.25) is 19.5 Å². The molecule has 160 valence electrons. The molecule has 3 aromatic rings. The van der Waals surface area contributed by atoms with E-state index in [1.165, 1.54) is 10.4 Å². The number of H-pyrrole nitrogens is 1. The van der Waals surface area contributed by atoms with E-state index in [-0.39, 0.29) is 17.5 Å². The van der Waals surface area contributed by atoms with Crippen molar-refractivity contribution in [3.8, 4) is 0 Å². The topological polar surface area (TPSA) is 82.2 Å². The van der Waals surface area contributed by atoms with E-state index in [2.05, 4.69) is 33.2 Å². The monoisotopic (exact) mass is 435 g/mol. The van der Waals surface area contributed by atoms with Crippen LogP contribution >= 0.6 is 11.3 Å². The number of carbonyl (C=O) groups is 1. The minimum Gasteiger partial charge on any atom is -0.328 e. The zero-order chi connectivity index (χ0) is 21.4. The summed E-state index contributed by atoms with van der Waals surface area (Å²) in [6.07, 6.45) is 5.71. The average Bonchev–Trinajstić information content (AvgIpc) is 3.43. The molecule has 2 aliphatic rings. The van der Waals surface area contributed by atoms with Crippen LogP contribution in [0.5, 0.6) is 0 Å². The number of thiophene rings is 1. The van der Waals surface area contributed by atoms with Gasteiger partial charge in [0.2, 0.25) is 0 Å². The van der Waals surface area contributed by atoms with Gasteiger partial charge in [-0.25, -0.2) is 4.98 Å². The molecule has 3 aromatic heterocycles. The number of nitrogens with one attached hydrogen (secondary N) is 1. The van der Waals surface area contributed by atoms with Crippen LogP contribution in [0.25, 0.3) is 0 Å². The van der Waals surface area contributed by atoms with Crippen LogP contribution in [0.15, 0.2) is 40.8 Å². The zero-order valence-electron chi connectivity index (χ0n) is 17.5. The molecule has 8 heteroatoms. The summed E-state index contributed by atoms with van der Waals surface area (Å²) in [5.41, 5.74) is 3.48. The standard InChI is InChI=1S/C23H25N5O2S/c1-15-7-12-31-20(15)14-27-11-6-18-17(13-27)22(29)26-21(25-18)19-3-2-10-28(19)23(30)16-4-8-24-9-5-16/h4-5,7-9,12,19H,2-3,6,10-11,13-14H2,1H3,(H,25,26,29). The van der Waals surface area contributed by atoms with Gasteiger partial charge >= 0.3 is 0 Å². The molecular formula is C23H25N5O2S. The molecule has 1 N–H and O–H groups in total. The predicted molar refractivity (Wildman–Crippen MR) is 119 cm³/mol. The van der Waals surface area contributed by atoms with Crippen LogP contribution in [-0.4, -0.2) is 43.7 Å². The van der Waals surface area contributed by atoms with Crippen molar-refractivity contribution in [3.63, 3.8) is 0 Å². The second-order valence-corrected chi connectivity index (χ2v) is 9.26. The van der Waals surface area contributed by atoms with Gasteiger partial charge in [-0.15, -0.1) is 11.3 Å². The van der Waals surface area contributed by atoms with Gasteiger partial charge < -0.3 is 9.88 Å². The molecule has 0 bridgehead atoms. The van der Waals surface area contributed by atoms with E-state index in [0.29, 0.717) is 24.5 Å². The summed E-state index contributed by atoms with van der Waals surface area (Å²) in [5, 5.41) is 2.11. The van der Waals surface area contributed by atoms with E-state index in [1.54, 1.807) is 35.9 Å². The van der Waals surface area contributed by atoms with Gasteiger partial charge in [0, 0.05) is 55.4 Å². The maximum atomic E-state index is 13.0.